The SMILES string of the molecule is CC=Cc1cccc2c(=O)c(O)c(-c3ccccc3)oc12. The van der Waals surface area contributed by atoms with Crippen LogP contribution in [0.15, 0.2) is 63.8 Å². The van der Waals surface area contributed by atoms with E-state index < -0.39 is 5.43 Å². The number of allylic oxidation sites excluding steroid dienone is 1. The van der Waals surface area contributed by atoms with Gasteiger partial charge in [0.1, 0.15) is 5.58 Å². The first-order valence-corrected chi connectivity index (χ1v) is 6.69. The van der Waals surface area contributed by atoms with Crippen molar-refractivity contribution in [3.63, 3.8) is 0 Å². The maximum atomic E-state index is 12.3. The first-order chi connectivity index (χ1) is 10.2. The molecule has 3 rings (SSSR count). The van der Waals surface area contributed by atoms with Crippen LogP contribution in [-0.2, 0) is 0 Å². The molecule has 0 aliphatic rings. The van der Waals surface area contributed by atoms with Crippen LogP contribution >= 0.6 is 0 Å². The van der Waals surface area contributed by atoms with Crippen LogP contribution in [-0.4, -0.2) is 5.11 Å². The van der Waals surface area contributed by atoms with Crippen LogP contribution < -0.4 is 5.43 Å². The summed E-state index contributed by atoms with van der Waals surface area (Å²) in [6.45, 7) is 1.90. The predicted molar refractivity (Wildman–Crippen MR) is 84.3 cm³/mol. The minimum absolute atomic E-state index is 0.199. The lowest BCUT2D eigenvalue weighted by Crippen LogP contribution is -2.03. The molecular formula is C18H14O3. The first kappa shape index (κ1) is 13.2. The highest BCUT2D eigenvalue weighted by atomic mass is 16.4. The third kappa shape index (κ3) is 2.23. The Morgan fingerprint density at radius 3 is 2.52 bits per heavy atom. The Labute approximate surface area is 121 Å². The normalized spacial score (nSPS) is 11.3. The molecule has 0 aliphatic heterocycles. The predicted octanol–water partition coefficient (Wildman–Crippen LogP) is 4.20. The number of para-hydroxylation sites is 1. The van der Waals surface area contributed by atoms with Crippen LogP contribution in [0.25, 0.3) is 28.4 Å². The van der Waals surface area contributed by atoms with Crippen LogP contribution in [0.4, 0.5) is 0 Å². The minimum atomic E-state index is -0.415. The van der Waals surface area contributed by atoms with Crippen molar-refractivity contribution in [3.05, 3.63) is 70.4 Å². The van der Waals surface area contributed by atoms with Crippen molar-refractivity contribution in [2.75, 3.05) is 0 Å². The molecule has 0 fully saturated rings. The van der Waals surface area contributed by atoms with E-state index in [0.29, 0.717) is 16.5 Å². The van der Waals surface area contributed by atoms with Gasteiger partial charge in [0.25, 0.3) is 0 Å². The van der Waals surface area contributed by atoms with Crippen LogP contribution in [0.3, 0.4) is 0 Å². The summed E-state index contributed by atoms with van der Waals surface area (Å²) < 4.78 is 5.84. The quantitative estimate of drug-likeness (QED) is 0.764. The lowest BCUT2D eigenvalue weighted by Gasteiger charge is -2.07. The molecule has 2 aromatic carbocycles. The van der Waals surface area contributed by atoms with Crippen LogP contribution in [0.5, 0.6) is 5.75 Å². The van der Waals surface area contributed by atoms with Crippen LogP contribution in [0, 0.1) is 0 Å². The largest absolute Gasteiger partial charge is 0.502 e. The number of aromatic hydroxyl groups is 1. The van der Waals surface area contributed by atoms with Gasteiger partial charge in [0.2, 0.25) is 11.2 Å². The van der Waals surface area contributed by atoms with Crippen molar-refractivity contribution < 1.29 is 9.52 Å². The van der Waals surface area contributed by atoms with E-state index in [4.69, 9.17) is 4.42 Å². The van der Waals surface area contributed by atoms with Crippen molar-refractivity contribution in [3.8, 4) is 17.1 Å². The van der Waals surface area contributed by atoms with E-state index in [1.807, 2.05) is 43.3 Å². The number of rotatable bonds is 2. The summed E-state index contributed by atoms with van der Waals surface area (Å²) in [5, 5.41) is 10.5. The van der Waals surface area contributed by atoms with Crippen molar-refractivity contribution in [1.29, 1.82) is 0 Å². The second-order valence-electron chi connectivity index (χ2n) is 4.70. The maximum absolute atomic E-state index is 12.3. The van der Waals surface area contributed by atoms with E-state index in [1.54, 1.807) is 24.3 Å². The third-order valence-corrected chi connectivity index (χ3v) is 3.31. The summed E-state index contributed by atoms with van der Waals surface area (Å²) in [5.74, 6) is -0.156. The first-order valence-electron chi connectivity index (χ1n) is 6.69. The van der Waals surface area contributed by atoms with E-state index in [2.05, 4.69) is 0 Å². The molecule has 104 valence electrons. The van der Waals surface area contributed by atoms with Crippen molar-refractivity contribution in [2.24, 2.45) is 0 Å². The number of benzene rings is 2. The molecular weight excluding hydrogens is 264 g/mol. The summed E-state index contributed by atoms with van der Waals surface area (Å²) in [4.78, 5) is 12.3. The molecule has 1 N–H and O–H groups in total. The molecule has 21 heavy (non-hydrogen) atoms. The maximum Gasteiger partial charge on any atom is 0.235 e. The molecule has 0 unspecified atom stereocenters. The molecule has 1 heterocycles. The topological polar surface area (TPSA) is 50.4 Å². The Morgan fingerprint density at radius 1 is 1.05 bits per heavy atom. The molecule has 0 amide bonds. The van der Waals surface area contributed by atoms with Gasteiger partial charge < -0.3 is 9.52 Å². The van der Waals surface area contributed by atoms with Gasteiger partial charge >= 0.3 is 0 Å². The molecule has 3 nitrogen and oxygen atoms in total. The zero-order valence-electron chi connectivity index (χ0n) is 11.5. The summed E-state index contributed by atoms with van der Waals surface area (Å²) in [5.41, 5.74) is 1.55. The fourth-order valence-electron chi connectivity index (χ4n) is 2.32. The van der Waals surface area contributed by atoms with Gasteiger partial charge in [-0.2, -0.15) is 0 Å². The molecule has 3 aromatic rings. The van der Waals surface area contributed by atoms with Gasteiger partial charge in [0, 0.05) is 11.1 Å². The highest BCUT2D eigenvalue weighted by Crippen LogP contribution is 2.31. The van der Waals surface area contributed by atoms with E-state index >= 15 is 0 Å². The second kappa shape index (κ2) is 5.29. The third-order valence-electron chi connectivity index (χ3n) is 3.31. The Hall–Kier alpha value is -2.81. The average Bonchev–Trinajstić information content (AvgIpc) is 2.52. The number of hydrogen-bond donors (Lipinski definition) is 1. The van der Waals surface area contributed by atoms with Gasteiger partial charge in [-0.1, -0.05) is 54.6 Å². The second-order valence-corrected chi connectivity index (χ2v) is 4.70. The summed E-state index contributed by atoms with van der Waals surface area (Å²) in [6, 6.07) is 14.4. The molecule has 0 bridgehead atoms. The van der Waals surface area contributed by atoms with E-state index in [9.17, 15) is 9.90 Å². The van der Waals surface area contributed by atoms with Crippen molar-refractivity contribution in [1.82, 2.24) is 0 Å². The van der Waals surface area contributed by atoms with E-state index in [1.165, 1.54) is 0 Å². The Balaban J connectivity index is 2.40. The smallest absolute Gasteiger partial charge is 0.235 e. The lowest BCUT2D eigenvalue weighted by molar-refractivity contribution is 0.449. The van der Waals surface area contributed by atoms with Gasteiger partial charge in [0.15, 0.2) is 5.76 Å². The Morgan fingerprint density at radius 2 is 1.81 bits per heavy atom. The molecule has 0 radical (unpaired) electrons. The van der Waals surface area contributed by atoms with Gasteiger partial charge in [-0.25, -0.2) is 0 Å². The molecule has 0 spiro atoms. The van der Waals surface area contributed by atoms with Gasteiger partial charge in [0.05, 0.1) is 5.39 Å². The molecule has 0 atom stereocenters. The fourth-order valence-corrected chi connectivity index (χ4v) is 2.32. The van der Waals surface area contributed by atoms with Crippen LogP contribution in [0.2, 0.25) is 0 Å². The van der Waals surface area contributed by atoms with Gasteiger partial charge in [-0.15, -0.1) is 0 Å². The highest BCUT2D eigenvalue weighted by molar-refractivity contribution is 5.88. The summed E-state index contributed by atoms with van der Waals surface area (Å²) in [7, 11) is 0. The minimum Gasteiger partial charge on any atom is -0.502 e. The summed E-state index contributed by atoms with van der Waals surface area (Å²) in [6.07, 6.45) is 3.75. The number of fused-ring (bicyclic) bond motifs is 1. The van der Waals surface area contributed by atoms with Crippen molar-refractivity contribution >= 4 is 17.0 Å². The molecule has 3 heteroatoms. The number of hydrogen-bond acceptors (Lipinski definition) is 3. The van der Waals surface area contributed by atoms with Crippen molar-refractivity contribution in [2.45, 2.75) is 6.92 Å². The molecule has 0 saturated carbocycles. The standard InChI is InChI=1S/C18H14O3/c1-2-7-12-10-6-11-14-15(19)16(20)18(21-17(12)14)13-8-4-3-5-9-13/h2-11,20H,1H3. The monoisotopic (exact) mass is 278 g/mol. The van der Waals surface area contributed by atoms with E-state index in [0.717, 1.165) is 5.56 Å². The summed E-state index contributed by atoms with van der Waals surface area (Å²) >= 11 is 0. The molecule has 0 saturated heterocycles. The van der Waals surface area contributed by atoms with Gasteiger partial charge in [-0.05, 0) is 13.0 Å². The van der Waals surface area contributed by atoms with Gasteiger partial charge in [-0.3, -0.25) is 4.79 Å². The Bertz CT molecular complexity index is 874. The fraction of sp³-hybridized carbons (Fsp3) is 0.0556. The van der Waals surface area contributed by atoms with E-state index in [-0.39, 0.29) is 11.5 Å². The van der Waals surface area contributed by atoms with Crippen LogP contribution in [0.1, 0.15) is 12.5 Å². The zero-order valence-corrected chi connectivity index (χ0v) is 11.5. The average molecular weight is 278 g/mol. The Kier molecular flexibility index (Phi) is 3.32. The molecule has 1 aromatic heterocycles. The molecule has 0 aliphatic carbocycles. The lowest BCUT2D eigenvalue weighted by atomic mass is 10.1. The highest BCUT2D eigenvalue weighted by Gasteiger charge is 2.16. The zero-order chi connectivity index (χ0) is 14.8.